The third kappa shape index (κ3) is 4.15. The van der Waals surface area contributed by atoms with Gasteiger partial charge in [-0.3, -0.25) is 9.36 Å². The van der Waals surface area contributed by atoms with Crippen molar-refractivity contribution < 1.29 is 13.6 Å². The number of halogens is 2. The van der Waals surface area contributed by atoms with Gasteiger partial charge in [0.05, 0.1) is 0 Å². The molecule has 1 amide bonds. The van der Waals surface area contributed by atoms with Crippen LogP contribution in [0, 0.1) is 31.4 Å². The first kappa shape index (κ1) is 18.2. The second kappa shape index (κ2) is 7.35. The second-order valence-corrected chi connectivity index (χ2v) is 6.88. The average molecular weight is 361 g/mol. The quantitative estimate of drug-likeness (QED) is 0.839. The molecule has 1 aromatic carbocycles. The van der Waals surface area contributed by atoms with Gasteiger partial charge in [0.1, 0.15) is 18.2 Å². The van der Waals surface area contributed by atoms with E-state index in [9.17, 15) is 18.4 Å². The first-order valence-electron chi connectivity index (χ1n) is 8.59. The van der Waals surface area contributed by atoms with Gasteiger partial charge in [0.2, 0.25) is 5.91 Å². The lowest BCUT2D eigenvalue weighted by molar-refractivity contribution is -0.131. The largest absolute Gasteiger partial charge is 0.348 e. The molecule has 0 radical (unpaired) electrons. The third-order valence-corrected chi connectivity index (χ3v) is 4.73. The van der Waals surface area contributed by atoms with E-state index in [1.54, 1.807) is 24.8 Å². The molecule has 138 valence electrons. The van der Waals surface area contributed by atoms with Crippen molar-refractivity contribution in [3.63, 3.8) is 0 Å². The molecule has 0 saturated carbocycles. The summed E-state index contributed by atoms with van der Waals surface area (Å²) in [5.41, 5.74) is 1.49. The molecule has 1 atom stereocenters. The van der Waals surface area contributed by atoms with Gasteiger partial charge in [0.15, 0.2) is 0 Å². The zero-order chi connectivity index (χ0) is 18.8. The third-order valence-electron chi connectivity index (χ3n) is 4.73. The fraction of sp³-hybridized carbons (Fsp3) is 0.421. The van der Waals surface area contributed by atoms with Crippen molar-refractivity contribution >= 4 is 5.91 Å². The van der Waals surface area contributed by atoms with Crippen molar-refractivity contribution in [3.05, 3.63) is 63.3 Å². The van der Waals surface area contributed by atoms with Crippen molar-refractivity contribution in [1.82, 2.24) is 14.5 Å². The molecule has 1 aromatic heterocycles. The summed E-state index contributed by atoms with van der Waals surface area (Å²) in [6.07, 6.45) is 1.29. The number of carbonyl (C=O) groups excluding carboxylic acids is 1. The van der Waals surface area contributed by atoms with Crippen LogP contribution in [0.25, 0.3) is 0 Å². The van der Waals surface area contributed by atoms with Gasteiger partial charge >= 0.3 is 5.69 Å². The monoisotopic (exact) mass is 361 g/mol. The highest BCUT2D eigenvalue weighted by molar-refractivity contribution is 5.76. The van der Waals surface area contributed by atoms with E-state index in [-0.39, 0.29) is 18.4 Å². The van der Waals surface area contributed by atoms with Crippen LogP contribution >= 0.6 is 0 Å². The number of rotatable bonds is 4. The van der Waals surface area contributed by atoms with Gasteiger partial charge < -0.3 is 4.90 Å². The molecule has 0 spiro atoms. The second-order valence-electron chi connectivity index (χ2n) is 6.88. The number of aromatic nitrogens is 2. The van der Waals surface area contributed by atoms with E-state index in [0.29, 0.717) is 36.5 Å². The number of hydrogen-bond donors (Lipinski definition) is 0. The maximum absolute atomic E-state index is 13.3. The maximum Gasteiger partial charge on any atom is 0.348 e. The zero-order valence-electron chi connectivity index (χ0n) is 14.8. The van der Waals surface area contributed by atoms with Crippen LogP contribution in [-0.2, 0) is 17.8 Å². The van der Waals surface area contributed by atoms with Crippen LogP contribution < -0.4 is 5.69 Å². The van der Waals surface area contributed by atoms with Crippen LogP contribution in [-0.4, -0.2) is 33.4 Å². The van der Waals surface area contributed by atoms with E-state index < -0.39 is 17.3 Å². The zero-order valence-corrected chi connectivity index (χ0v) is 14.8. The summed E-state index contributed by atoms with van der Waals surface area (Å²) in [4.78, 5) is 30.1. The Morgan fingerprint density at radius 3 is 2.54 bits per heavy atom. The Kier molecular flexibility index (Phi) is 5.15. The Bertz CT molecular complexity index is 875. The highest BCUT2D eigenvalue weighted by Crippen LogP contribution is 2.22. The molecular formula is C19H21F2N3O2. The number of carbonyl (C=O) groups is 1. The van der Waals surface area contributed by atoms with E-state index in [4.69, 9.17) is 0 Å². The first-order valence-corrected chi connectivity index (χ1v) is 8.59. The minimum absolute atomic E-state index is 0.0424. The lowest BCUT2D eigenvalue weighted by Crippen LogP contribution is -2.36. The van der Waals surface area contributed by atoms with E-state index in [2.05, 4.69) is 4.98 Å². The van der Waals surface area contributed by atoms with Crippen molar-refractivity contribution in [1.29, 1.82) is 0 Å². The molecule has 1 fully saturated rings. The Morgan fingerprint density at radius 1 is 1.19 bits per heavy atom. The maximum atomic E-state index is 13.3. The number of benzene rings is 1. The molecule has 7 heteroatoms. The standard InChI is InChI=1S/C19H21F2N3O2/c1-12-5-13(2)24(19(26)22-12)11-18(25)23-4-3-14(10-23)6-15-7-16(20)9-17(21)8-15/h5,7-9,14H,3-4,6,10-11H2,1-2H3. The molecule has 26 heavy (non-hydrogen) atoms. The Hall–Kier alpha value is -2.57. The average Bonchev–Trinajstić information content (AvgIpc) is 2.98. The number of hydrogen-bond acceptors (Lipinski definition) is 3. The van der Waals surface area contributed by atoms with Crippen molar-refractivity contribution in [2.24, 2.45) is 5.92 Å². The van der Waals surface area contributed by atoms with Crippen LogP contribution in [0.4, 0.5) is 8.78 Å². The molecule has 2 aromatic rings. The molecule has 1 saturated heterocycles. The van der Waals surface area contributed by atoms with Gasteiger partial charge in [-0.15, -0.1) is 0 Å². The highest BCUT2D eigenvalue weighted by atomic mass is 19.1. The molecular weight excluding hydrogens is 340 g/mol. The summed E-state index contributed by atoms with van der Waals surface area (Å²) in [5, 5.41) is 0. The number of aryl methyl sites for hydroxylation is 2. The Labute approximate surface area is 150 Å². The number of nitrogens with zero attached hydrogens (tertiary/aromatic N) is 3. The molecule has 0 bridgehead atoms. The fourth-order valence-electron chi connectivity index (χ4n) is 3.49. The van der Waals surface area contributed by atoms with Crippen molar-refractivity contribution in [2.45, 2.75) is 33.2 Å². The summed E-state index contributed by atoms with van der Waals surface area (Å²) >= 11 is 0. The first-order chi connectivity index (χ1) is 12.3. The van der Waals surface area contributed by atoms with Crippen LogP contribution in [0.2, 0.25) is 0 Å². The Balaban J connectivity index is 1.63. The smallest absolute Gasteiger partial charge is 0.341 e. The van der Waals surface area contributed by atoms with Gasteiger partial charge in [0, 0.05) is 30.5 Å². The predicted molar refractivity (Wildman–Crippen MR) is 92.7 cm³/mol. The molecule has 1 aliphatic rings. The van der Waals surface area contributed by atoms with Crippen LogP contribution in [0.1, 0.15) is 23.4 Å². The molecule has 0 N–H and O–H groups in total. The molecule has 2 heterocycles. The van der Waals surface area contributed by atoms with Crippen LogP contribution in [0.15, 0.2) is 29.1 Å². The van der Waals surface area contributed by atoms with Crippen LogP contribution in [0.3, 0.4) is 0 Å². The summed E-state index contributed by atoms with van der Waals surface area (Å²) in [6.45, 7) is 4.56. The summed E-state index contributed by atoms with van der Waals surface area (Å²) in [7, 11) is 0. The molecule has 5 nitrogen and oxygen atoms in total. The topological polar surface area (TPSA) is 55.2 Å². The van der Waals surface area contributed by atoms with Gasteiger partial charge in [-0.1, -0.05) is 0 Å². The summed E-state index contributed by atoms with van der Waals surface area (Å²) in [5.74, 6) is -1.18. The lowest BCUT2D eigenvalue weighted by Gasteiger charge is -2.18. The van der Waals surface area contributed by atoms with E-state index in [0.717, 1.165) is 12.5 Å². The lowest BCUT2D eigenvalue weighted by atomic mass is 9.98. The van der Waals surface area contributed by atoms with E-state index in [1.807, 2.05) is 0 Å². The molecule has 1 aliphatic heterocycles. The van der Waals surface area contributed by atoms with Gasteiger partial charge in [-0.2, -0.15) is 4.98 Å². The number of amides is 1. The van der Waals surface area contributed by atoms with Gasteiger partial charge in [-0.05, 0) is 56.4 Å². The van der Waals surface area contributed by atoms with E-state index in [1.165, 1.54) is 16.7 Å². The van der Waals surface area contributed by atoms with Crippen molar-refractivity contribution in [2.75, 3.05) is 13.1 Å². The van der Waals surface area contributed by atoms with Gasteiger partial charge in [-0.25, -0.2) is 13.6 Å². The SMILES string of the molecule is Cc1cc(C)n(CC(=O)N2CCC(Cc3cc(F)cc(F)c3)C2)c(=O)n1. The Morgan fingerprint density at radius 2 is 1.88 bits per heavy atom. The summed E-state index contributed by atoms with van der Waals surface area (Å²) in [6, 6.07) is 5.27. The molecule has 1 unspecified atom stereocenters. The highest BCUT2D eigenvalue weighted by Gasteiger charge is 2.27. The normalized spacial score (nSPS) is 16.9. The van der Waals surface area contributed by atoms with E-state index >= 15 is 0 Å². The minimum Gasteiger partial charge on any atom is -0.341 e. The molecule has 3 rings (SSSR count). The van der Waals surface area contributed by atoms with Crippen LogP contribution in [0.5, 0.6) is 0 Å². The predicted octanol–water partition coefficient (Wildman–Crippen LogP) is 2.23. The molecule has 0 aliphatic carbocycles. The fourth-order valence-corrected chi connectivity index (χ4v) is 3.49. The van der Waals surface area contributed by atoms with Crippen molar-refractivity contribution in [3.8, 4) is 0 Å². The number of likely N-dealkylation sites (tertiary alicyclic amines) is 1. The van der Waals surface area contributed by atoms with Gasteiger partial charge in [0.25, 0.3) is 0 Å². The minimum atomic E-state index is -0.590. The summed E-state index contributed by atoms with van der Waals surface area (Å²) < 4.78 is 28.0.